The van der Waals surface area contributed by atoms with E-state index in [0.717, 1.165) is 22.8 Å². The van der Waals surface area contributed by atoms with E-state index in [-0.39, 0.29) is 5.91 Å². The summed E-state index contributed by atoms with van der Waals surface area (Å²) < 4.78 is 1.86. The van der Waals surface area contributed by atoms with Gasteiger partial charge in [0.05, 0.1) is 0 Å². The minimum Gasteiger partial charge on any atom is -0.367 e. The van der Waals surface area contributed by atoms with Gasteiger partial charge in [-0.3, -0.25) is 9.36 Å². The summed E-state index contributed by atoms with van der Waals surface area (Å²) in [6, 6.07) is 17.4. The number of hydrogen-bond acceptors (Lipinski definition) is 6. The molecule has 32 heavy (non-hydrogen) atoms. The topological polar surface area (TPSA) is 96.8 Å². The standard InChI is InChI=1S/C24H23N7O/c1-16-7-8-19(13-20(16)30-23(32)17-5-3-2-4-6-17)29-24-25-11-12-31(24)22-14-21(26-15-27-22)28-18-9-10-18/h2-8,11-15,18H,9-10H2,1H3,(H,25,29)(H,30,32)(H,26,27,28). The van der Waals surface area contributed by atoms with Crippen LogP contribution in [0.2, 0.25) is 0 Å². The highest BCUT2D eigenvalue weighted by molar-refractivity contribution is 6.04. The molecule has 0 spiro atoms. The maximum Gasteiger partial charge on any atom is 0.255 e. The van der Waals surface area contributed by atoms with Crippen LogP contribution in [0.25, 0.3) is 5.82 Å². The van der Waals surface area contributed by atoms with Crippen molar-refractivity contribution in [1.29, 1.82) is 0 Å². The molecule has 2 aromatic heterocycles. The molecular weight excluding hydrogens is 402 g/mol. The number of amides is 1. The van der Waals surface area contributed by atoms with Crippen LogP contribution >= 0.6 is 0 Å². The molecular formula is C24H23N7O. The summed E-state index contributed by atoms with van der Waals surface area (Å²) in [7, 11) is 0. The Morgan fingerprint density at radius 1 is 1.03 bits per heavy atom. The van der Waals surface area contributed by atoms with Gasteiger partial charge in [-0.2, -0.15) is 0 Å². The fourth-order valence-electron chi connectivity index (χ4n) is 3.32. The molecule has 0 atom stereocenters. The number of aryl methyl sites for hydroxylation is 1. The highest BCUT2D eigenvalue weighted by atomic mass is 16.1. The lowest BCUT2D eigenvalue weighted by molar-refractivity contribution is 0.102. The minimum atomic E-state index is -0.149. The molecule has 5 rings (SSSR count). The monoisotopic (exact) mass is 425 g/mol. The highest BCUT2D eigenvalue weighted by Crippen LogP contribution is 2.26. The Kier molecular flexibility index (Phi) is 5.25. The summed E-state index contributed by atoms with van der Waals surface area (Å²) in [6.07, 6.45) is 7.46. The summed E-state index contributed by atoms with van der Waals surface area (Å²) >= 11 is 0. The molecule has 0 bridgehead atoms. The summed E-state index contributed by atoms with van der Waals surface area (Å²) in [5.41, 5.74) is 3.12. The van der Waals surface area contributed by atoms with Crippen LogP contribution in [0.4, 0.5) is 23.1 Å². The van der Waals surface area contributed by atoms with Crippen LogP contribution < -0.4 is 16.0 Å². The Hall–Kier alpha value is -4.20. The number of rotatable bonds is 7. The van der Waals surface area contributed by atoms with E-state index in [2.05, 4.69) is 30.9 Å². The molecule has 1 aliphatic carbocycles. The second-order valence-corrected chi connectivity index (χ2v) is 7.78. The molecule has 0 unspecified atom stereocenters. The van der Waals surface area contributed by atoms with E-state index in [1.54, 1.807) is 24.7 Å². The molecule has 2 aromatic carbocycles. The van der Waals surface area contributed by atoms with Gasteiger partial charge in [-0.1, -0.05) is 24.3 Å². The smallest absolute Gasteiger partial charge is 0.255 e. The normalized spacial score (nSPS) is 12.9. The van der Waals surface area contributed by atoms with Gasteiger partial charge in [-0.25, -0.2) is 15.0 Å². The Labute approximate surface area is 185 Å². The molecule has 0 radical (unpaired) electrons. The molecule has 1 saturated carbocycles. The molecule has 1 amide bonds. The molecule has 0 saturated heterocycles. The zero-order chi connectivity index (χ0) is 21.9. The van der Waals surface area contributed by atoms with Gasteiger partial charge >= 0.3 is 0 Å². The molecule has 2 heterocycles. The Balaban J connectivity index is 1.36. The number of nitrogens with zero attached hydrogens (tertiary/aromatic N) is 4. The fraction of sp³-hybridized carbons (Fsp3) is 0.167. The van der Waals surface area contributed by atoms with Gasteiger partial charge < -0.3 is 16.0 Å². The number of benzene rings is 2. The average Bonchev–Trinajstić information content (AvgIpc) is 3.51. The number of hydrogen-bond donors (Lipinski definition) is 3. The largest absolute Gasteiger partial charge is 0.367 e. The van der Waals surface area contributed by atoms with E-state index in [1.165, 1.54) is 12.8 Å². The van der Waals surface area contributed by atoms with Crippen LogP contribution in [0.1, 0.15) is 28.8 Å². The fourth-order valence-corrected chi connectivity index (χ4v) is 3.32. The molecule has 0 aliphatic heterocycles. The van der Waals surface area contributed by atoms with Crippen LogP contribution in [0.15, 0.2) is 73.3 Å². The van der Waals surface area contributed by atoms with Crippen molar-refractivity contribution in [3.05, 3.63) is 84.4 Å². The quantitative estimate of drug-likeness (QED) is 0.402. The van der Waals surface area contributed by atoms with Crippen molar-refractivity contribution >= 4 is 29.0 Å². The Morgan fingerprint density at radius 2 is 1.88 bits per heavy atom. The van der Waals surface area contributed by atoms with E-state index < -0.39 is 0 Å². The third-order valence-electron chi connectivity index (χ3n) is 5.25. The van der Waals surface area contributed by atoms with Crippen molar-refractivity contribution in [1.82, 2.24) is 19.5 Å². The molecule has 8 nitrogen and oxygen atoms in total. The summed E-state index contributed by atoms with van der Waals surface area (Å²) in [5.74, 6) is 1.99. The molecule has 3 N–H and O–H groups in total. The van der Waals surface area contributed by atoms with E-state index in [0.29, 0.717) is 23.4 Å². The maximum atomic E-state index is 12.6. The van der Waals surface area contributed by atoms with E-state index in [4.69, 9.17) is 0 Å². The van der Waals surface area contributed by atoms with Gasteiger partial charge in [-0.15, -0.1) is 0 Å². The lowest BCUT2D eigenvalue weighted by Crippen LogP contribution is -2.13. The molecule has 4 aromatic rings. The van der Waals surface area contributed by atoms with Gasteiger partial charge in [-0.05, 0) is 49.6 Å². The average molecular weight is 425 g/mol. The predicted octanol–water partition coefficient (Wildman–Crippen LogP) is 4.54. The number of carbonyl (C=O) groups is 1. The summed E-state index contributed by atoms with van der Waals surface area (Å²) in [6.45, 7) is 1.96. The van der Waals surface area contributed by atoms with Crippen LogP contribution in [-0.2, 0) is 0 Å². The van der Waals surface area contributed by atoms with Crippen molar-refractivity contribution in [3.8, 4) is 5.82 Å². The first-order valence-electron chi connectivity index (χ1n) is 10.5. The SMILES string of the molecule is Cc1ccc(Nc2nccn2-c2cc(NC3CC3)ncn2)cc1NC(=O)c1ccccc1. The second kappa shape index (κ2) is 8.50. The second-order valence-electron chi connectivity index (χ2n) is 7.78. The number of anilines is 4. The van der Waals surface area contributed by atoms with Crippen molar-refractivity contribution in [2.75, 3.05) is 16.0 Å². The zero-order valence-corrected chi connectivity index (χ0v) is 17.6. The highest BCUT2D eigenvalue weighted by Gasteiger charge is 2.21. The number of imidazole rings is 1. The number of nitrogens with one attached hydrogen (secondary N) is 3. The van der Waals surface area contributed by atoms with Crippen LogP contribution in [0.3, 0.4) is 0 Å². The lowest BCUT2D eigenvalue weighted by atomic mass is 10.1. The van der Waals surface area contributed by atoms with Crippen molar-refractivity contribution in [2.24, 2.45) is 0 Å². The molecule has 1 aliphatic rings. The predicted molar refractivity (Wildman–Crippen MR) is 125 cm³/mol. The third kappa shape index (κ3) is 4.44. The summed E-state index contributed by atoms with van der Waals surface area (Å²) in [4.78, 5) is 25.7. The zero-order valence-electron chi connectivity index (χ0n) is 17.6. The van der Waals surface area contributed by atoms with Gasteiger partial charge in [0.1, 0.15) is 18.0 Å². The third-order valence-corrected chi connectivity index (χ3v) is 5.25. The van der Waals surface area contributed by atoms with E-state index in [9.17, 15) is 4.79 Å². The Morgan fingerprint density at radius 3 is 2.69 bits per heavy atom. The van der Waals surface area contributed by atoms with Crippen LogP contribution in [0.5, 0.6) is 0 Å². The first kappa shape index (κ1) is 19.7. The minimum absolute atomic E-state index is 0.149. The first-order valence-corrected chi connectivity index (χ1v) is 10.5. The molecule has 8 heteroatoms. The Bertz CT molecular complexity index is 1250. The van der Waals surface area contributed by atoms with Crippen molar-refractivity contribution in [2.45, 2.75) is 25.8 Å². The molecule has 1 fully saturated rings. The summed E-state index contributed by atoms with van der Waals surface area (Å²) in [5, 5.41) is 9.70. The maximum absolute atomic E-state index is 12.6. The van der Waals surface area contributed by atoms with Crippen molar-refractivity contribution in [3.63, 3.8) is 0 Å². The van der Waals surface area contributed by atoms with Crippen molar-refractivity contribution < 1.29 is 4.79 Å². The van der Waals surface area contributed by atoms with Gasteiger partial charge in [0.25, 0.3) is 5.91 Å². The van der Waals surface area contributed by atoms with E-state index in [1.807, 2.05) is 60.2 Å². The van der Waals surface area contributed by atoms with Gasteiger partial charge in [0, 0.05) is 41.4 Å². The van der Waals surface area contributed by atoms with Crippen LogP contribution in [-0.4, -0.2) is 31.5 Å². The number of carbonyl (C=O) groups excluding carboxylic acids is 1. The van der Waals surface area contributed by atoms with E-state index >= 15 is 0 Å². The number of aromatic nitrogens is 4. The first-order chi connectivity index (χ1) is 15.7. The van der Waals surface area contributed by atoms with Gasteiger partial charge in [0.15, 0.2) is 0 Å². The van der Waals surface area contributed by atoms with Crippen LogP contribution in [0, 0.1) is 6.92 Å². The lowest BCUT2D eigenvalue weighted by Gasteiger charge is -2.13. The van der Waals surface area contributed by atoms with Gasteiger partial charge in [0.2, 0.25) is 5.95 Å². The molecule has 160 valence electrons.